The number of β-amino-alcohol motifs (C(OH)–C–C–N with tert-alkyl or cyclic N) is 1. The number of carboxylic acid groups (broad SMARTS) is 1. The fourth-order valence-corrected chi connectivity index (χ4v) is 1.37. The van der Waals surface area contributed by atoms with Gasteiger partial charge in [-0.2, -0.15) is 0 Å². The van der Waals surface area contributed by atoms with E-state index in [9.17, 15) is 4.79 Å². The molecule has 1 unspecified atom stereocenters. The average Bonchev–Trinajstić information content (AvgIpc) is 2.01. The van der Waals surface area contributed by atoms with Crippen molar-refractivity contribution in [2.45, 2.75) is 30.9 Å². The standard InChI is InChI=1S/C8H15NO4/c10-5-6(11)4-9-8(7(12)13)2-1-3-8/h6,9-11H,1-5H2,(H,12,13). The summed E-state index contributed by atoms with van der Waals surface area (Å²) in [5.74, 6) is -0.871. The van der Waals surface area contributed by atoms with E-state index in [4.69, 9.17) is 15.3 Å². The molecular weight excluding hydrogens is 174 g/mol. The summed E-state index contributed by atoms with van der Waals surface area (Å²) >= 11 is 0. The lowest BCUT2D eigenvalue weighted by atomic mass is 9.77. The Kier molecular flexibility index (Phi) is 3.24. The van der Waals surface area contributed by atoms with Gasteiger partial charge in [-0.1, -0.05) is 0 Å². The molecule has 76 valence electrons. The molecule has 5 nitrogen and oxygen atoms in total. The lowest BCUT2D eigenvalue weighted by Crippen LogP contribution is -2.58. The molecule has 0 radical (unpaired) electrons. The summed E-state index contributed by atoms with van der Waals surface area (Å²) in [5, 5.41) is 29.2. The summed E-state index contributed by atoms with van der Waals surface area (Å²) in [4.78, 5) is 10.8. The van der Waals surface area contributed by atoms with Gasteiger partial charge in [-0.15, -0.1) is 0 Å². The number of hydrogen-bond donors (Lipinski definition) is 4. The van der Waals surface area contributed by atoms with Crippen LogP contribution in [0, 0.1) is 0 Å². The number of carbonyl (C=O) groups is 1. The van der Waals surface area contributed by atoms with Gasteiger partial charge in [-0.25, -0.2) is 0 Å². The molecule has 0 bridgehead atoms. The molecule has 0 aromatic heterocycles. The molecule has 0 aliphatic heterocycles. The molecule has 1 aliphatic rings. The molecule has 1 fully saturated rings. The molecule has 13 heavy (non-hydrogen) atoms. The first-order valence-corrected chi connectivity index (χ1v) is 4.38. The van der Waals surface area contributed by atoms with E-state index < -0.39 is 17.6 Å². The highest BCUT2D eigenvalue weighted by Crippen LogP contribution is 2.31. The van der Waals surface area contributed by atoms with Gasteiger partial charge in [0, 0.05) is 6.54 Å². The van der Waals surface area contributed by atoms with E-state index in [-0.39, 0.29) is 13.2 Å². The fraction of sp³-hybridized carbons (Fsp3) is 0.875. The minimum Gasteiger partial charge on any atom is -0.480 e. The third-order valence-electron chi connectivity index (χ3n) is 2.50. The summed E-state index contributed by atoms with van der Waals surface area (Å²) in [5.41, 5.74) is -0.851. The van der Waals surface area contributed by atoms with Gasteiger partial charge < -0.3 is 15.3 Å². The number of rotatable bonds is 5. The van der Waals surface area contributed by atoms with E-state index in [2.05, 4.69) is 5.32 Å². The molecule has 1 aliphatic carbocycles. The number of aliphatic hydroxyl groups excluding tert-OH is 2. The van der Waals surface area contributed by atoms with E-state index in [1.165, 1.54) is 0 Å². The Morgan fingerprint density at radius 1 is 1.54 bits per heavy atom. The van der Waals surface area contributed by atoms with Crippen LogP contribution in [-0.4, -0.2) is 46.1 Å². The summed E-state index contributed by atoms with van der Waals surface area (Å²) in [6, 6.07) is 0. The van der Waals surface area contributed by atoms with E-state index in [1.54, 1.807) is 0 Å². The van der Waals surface area contributed by atoms with Crippen molar-refractivity contribution in [1.82, 2.24) is 5.32 Å². The Bertz CT molecular complexity index is 191. The monoisotopic (exact) mass is 189 g/mol. The summed E-state index contributed by atoms with van der Waals surface area (Å²) < 4.78 is 0. The molecule has 1 atom stereocenters. The van der Waals surface area contributed by atoms with Crippen LogP contribution in [0.1, 0.15) is 19.3 Å². The zero-order valence-corrected chi connectivity index (χ0v) is 7.36. The maximum absolute atomic E-state index is 10.8. The molecule has 4 N–H and O–H groups in total. The van der Waals surface area contributed by atoms with Crippen LogP contribution >= 0.6 is 0 Å². The van der Waals surface area contributed by atoms with Crippen molar-refractivity contribution in [2.24, 2.45) is 0 Å². The van der Waals surface area contributed by atoms with Gasteiger partial charge >= 0.3 is 5.97 Å². The molecule has 0 aromatic carbocycles. The second-order valence-corrected chi connectivity index (χ2v) is 3.46. The molecule has 0 spiro atoms. The van der Waals surface area contributed by atoms with E-state index in [1.807, 2.05) is 0 Å². The Morgan fingerprint density at radius 2 is 2.15 bits per heavy atom. The van der Waals surface area contributed by atoms with Crippen molar-refractivity contribution in [3.05, 3.63) is 0 Å². The lowest BCUT2D eigenvalue weighted by Gasteiger charge is -2.38. The van der Waals surface area contributed by atoms with Crippen molar-refractivity contribution in [1.29, 1.82) is 0 Å². The quantitative estimate of drug-likeness (QED) is 0.442. The topological polar surface area (TPSA) is 89.8 Å². The van der Waals surface area contributed by atoms with E-state index in [0.29, 0.717) is 12.8 Å². The second kappa shape index (κ2) is 4.04. The normalized spacial score (nSPS) is 22.0. The molecule has 0 amide bonds. The van der Waals surface area contributed by atoms with Gasteiger partial charge in [0.1, 0.15) is 5.54 Å². The SMILES string of the molecule is O=C(O)C1(NCC(O)CO)CCC1. The van der Waals surface area contributed by atoms with Crippen molar-refractivity contribution in [2.75, 3.05) is 13.2 Å². The summed E-state index contributed by atoms with van der Waals surface area (Å²) in [7, 11) is 0. The molecule has 1 saturated carbocycles. The molecular formula is C8H15NO4. The van der Waals surface area contributed by atoms with Crippen molar-refractivity contribution < 1.29 is 20.1 Å². The van der Waals surface area contributed by atoms with Gasteiger partial charge in [-0.3, -0.25) is 10.1 Å². The summed E-state index contributed by atoms with van der Waals surface area (Å²) in [6.45, 7) is -0.217. The maximum Gasteiger partial charge on any atom is 0.323 e. The third-order valence-corrected chi connectivity index (χ3v) is 2.50. The van der Waals surface area contributed by atoms with Crippen LogP contribution in [0.15, 0.2) is 0 Å². The molecule has 0 saturated heterocycles. The van der Waals surface area contributed by atoms with Crippen molar-refractivity contribution in [3.8, 4) is 0 Å². The summed E-state index contributed by atoms with van der Waals surface area (Å²) in [6.07, 6.45) is 1.21. The Labute approximate surface area is 76.4 Å². The van der Waals surface area contributed by atoms with Crippen LogP contribution in [0.2, 0.25) is 0 Å². The van der Waals surface area contributed by atoms with E-state index in [0.717, 1.165) is 6.42 Å². The first-order chi connectivity index (χ1) is 6.10. The number of hydrogen-bond acceptors (Lipinski definition) is 4. The van der Waals surface area contributed by atoms with Crippen LogP contribution in [0.4, 0.5) is 0 Å². The number of aliphatic hydroxyl groups is 2. The molecule has 1 rings (SSSR count). The molecule has 0 heterocycles. The Morgan fingerprint density at radius 3 is 2.46 bits per heavy atom. The minimum atomic E-state index is -0.878. The zero-order valence-electron chi connectivity index (χ0n) is 7.36. The van der Waals surface area contributed by atoms with Crippen LogP contribution in [-0.2, 0) is 4.79 Å². The first-order valence-electron chi connectivity index (χ1n) is 4.38. The van der Waals surface area contributed by atoms with Crippen LogP contribution in [0.3, 0.4) is 0 Å². The second-order valence-electron chi connectivity index (χ2n) is 3.46. The number of nitrogens with one attached hydrogen (secondary N) is 1. The molecule has 0 aromatic rings. The fourth-order valence-electron chi connectivity index (χ4n) is 1.37. The lowest BCUT2D eigenvalue weighted by molar-refractivity contribution is -0.149. The predicted molar refractivity (Wildman–Crippen MR) is 45.3 cm³/mol. The first kappa shape index (κ1) is 10.4. The molecule has 5 heteroatoms. The van der Waals surface area contributed by atoms with Crippen LogP contribution in [0.25, 0.3) is 0 Å². The van der Waals surface area contributed by atoms with Gasteiger partial charge in [0.05, 0.1) is 12.7 Å². The third kappa shape index (κ3) is 2.18. The van der Waals surface area contributed by atoms with Gasteiger partial charge in [-0.05, 0) is 19.3 Å². The maximum atomic E-state index is 10.8. The number of carboxylic acids is 1. The van der Waals surface area contributed by atoms with Gasteiger partial charge in [0.2, 0.25) is 0 Å². The van der Waals surface area contributed by atoms with Crippen LogP contribution < -0.4 is 5.32 Å². The Balaban J connectivity index is 2.36. The highest BCUT2D eigenvalue weighted by atomic mass is 16.4. The predicted octanol–water partition coefficient (Wildman–Crippen LogP) is -1.06. The smallest absolute Gasteiger partial charge is 0.323 e. The van der Waals surface area contributed by atoms with E-state index >= 15 is 0 Å². The Hall–Kier alpha value is -0.650. The largest absolute Gasteiger partial charge is 0.480 e. The number of aliphatic carboxylic acids is 1. The van der Waals surface area contributed by atoms with Crippen LogP contribution in [0.5, 0.6) is 0 Å². The van der Waals surface area contributed by atoms with Gasteiger partial charge in [0.15, 0.2) is 0 Å². The van der Waals surface area contributed by atoms with Crippen molar-refractivity contribution >= 4 is 5.97 Å². The highest BCUT2D eigenvalue weighted by molar-refractivity contribution is 5.79. The van der Waals surface area contributed by atoms with Crippen molar-refractivity contribution in [3.63, 3.8) is 0 Å². The van der Waals surface area contributed by atoms with Gasteiger partial charge in [0.25, 0.3) is 0 Å². The average molecular weight is 189 g/mol. The highest BCUT2D eigenvalue weighted by Gasteiger charge is 2.44. The minimum absolute atomic E-state index is 0.128. The zero-order chi connectivity index (χ0) is 9.90.